The predicted molar refractivity (Wildman–Crippen MR) is 121 cm³/mol. The van der Waals surface area contributed by atoms with E-state index in [9.17, 15) is 10.2 Å². The van der Waals surface area contributed by atoms with Crippen LogP contribution in [0.2, 0.25) is 0 Å². The van der Waals surface area contributed by atoms with Gasteiger partial charge in [0.05, 0.1) is 25.3 Å². The van der Waals surface area contributed by atoms with Crippen molar-refractivity contribution < 1.29 is 14.9 Å². The number of fused-ring (bicyclic) bond motifs is 1. The number of ether oxygens (including phenoxy) is 1. The fourth-order valence-electron chi connectivity index (χ4n) is 4.40. The fraction of sp³-hybridized carbons (Fsp3) is 0.625. The second-order valence-corrected chi connectivity index (χ2v) is 8.35. The van der Waals surface area contributed by atoms with Gasteiger partial charge in [-0.2, -0.15) is 0 Å². The third kappa shape index (κ3) is 5.91. The van der Waals surface area contributed by atoms with E-state index in [1.807, 2.05) is 24.3 Å². The van der Waals surface area contributed by atoms with Crippen LogP contribution >= 0.6 is 0 Å². The number of aromatic nitrogens is 1. The zero-order valence-corrected chi connectivity index (χ0v) is 18.5. The normalized spacial score (nSPS) is 19.3. The molecule has 0 saturated carbocycles. The molecule has 1 saturated heterocycles. The van der Waals surface area contributed by atoms with Crippen LogP contribution in [0.15, 0.2) is 30.5 Å². The molecular formula is C24H37N3O3. The number of piperazine rings is 1. The Balaban J connectivity index is 1.60. The molecule has 0 amide bonds. The molecule has 0 bridgehead atoms. The molecule has 1 aliphatic heterocycles. The minimum absolute atomic E-state index is 0.0617. The lowest BCUT2D eigenvalue weighted by molar-refractivity contribution is 0.00931. The molecule has 1 aromatic carbocycles. The molecule has 0 spiro atoms. The Labute approximate surface area is 180 Å². The Hall–Kier alpha value is -1.73. The summed E-state index contributed by atoms with van der Waals surface area (Å²) < 4.78 is 5.35. The van der Waals surface area contributed by atoms with E-state index >= 15 is 0 Å². The first-order chi connectivity index (χ1) is 14.7. The number of benzene rings is 1. The van der Waals surface area contributed by atoms with Crippen molar-refractivity contribution in [3.8, 4) is 5.75 Å². The van der Waals surface area contributed by atoms with E-state index in [0.29, 0.717) is 6.54 Å². The number of hydrogen-bond acceptors (Lipinski definition) is 6. The number of aliphatic hydroxyl groups excluding tert-OH is 2. The molecule has 0 unspecified atom stereocenters. The van der Waals surface area contributed by atoms with Gasteiger partial charge in [-0.25, -0.2) is 0 Å². The average molecular weight is 416 g/mol. The van der Waals surface area contributed by atoms with E-state index in [4.69, 9.17) is 4.74 Å². The number of rotatable bonds is 11. The largest absolute Gasteiger partial charge is 0.497 e. The van der Waals surface area contributed by atoms with Gasteiger partial charge in [-0.1, -0.05) is 32.6 Å². The van der Waals surface area contributed by atoms with E-state index < -0.39 is 6.10 Å². The van der Waals surface area contributed by atoms with E-state index in [1.165, 1.54) is 32.1 Å². The van der Waals surface area contributed by atoms with Gasteiger partial charge in [0.2, 0.25) is 0 Å². The van der Waals surface area contributed by atoms with E-state index in [0.717, 1.165) is 48.4 Å². The summed E-state index contributed by atoms with van der Waals surface area (Å²) in [4.78, 5) is 9.10. The SMILES string of the molecule is CCCCCCCN1CCN(C[C@@H](O)c2ccnc3ccc(OC)cc23)[C@H](CO)C1. The molecule has 1 aliphatic rings. The van der Waals surface area contributed by atoms with E-state index in [-0.39, 0.29) is 12.6 Å². The molecule has 6 nitrogen and oxygen atoms in total. The molecule has 6 heteroatoms. The van der Waals surface area contributed by atoms with Crippen LogP contribution in [0.4, 0.5) is 0 Å². The van der Waals surface area contributed by atoms with Crippen LogP contribution in [0.5, 0.6) is 5.75 Å². The van der Waals surface area contributed by atoms with Crippen molar-refractivity contribution >= 4 is 10.9 Å². The Bertz CT molecular complexity index is 785. The third-order valence-corrected chi connectivity index (χ3v) is 6.23. The average Bonchev–Trinajstić information content (AvgIpc) is 2.78. The van der Waals surface area contributed by atoms with Gasteiger partial charge in [0.15, 0.2) is 0 Å². The summed E-state index contributed by atoms with van der Waals surface area (Å²) in [5.74, 6) is 0.754. The maximum Gasteiger partial charge on any atom is 0.119 e. The number of β-amino-alcohol motifs (C(OH)–C–C–N with tert-alkyl or cyclic N) is 1. The predicted octanol–water partition coefficient (Wildman–Crippen LogP) is 3.23. The second kappa shape index (κ2) is 11.6. The minimum Gasteiger partial charge on any atom is -0.497 e. The lowest BCUT2D eigenvalue weighted by Gasteiger charge is -2.41. The van der Waals surface area contributed by atoms with Crippen molar-refractivity contribution in [2.24, 2.45) is 0 Å². The van der Waals surface area contributed by atoms with Crippen LogP contribution < -0.4 is 4.74 Å². The molecule has 2 aromatic rings. The van der Waals surface area contributed by atoms with Gasteiger partial charge in [0.1, 0.15) is 5.75 Å². The van der Waals surface area contributed by atoms with Crippen molar-refractivity contribution in [3.63, 3.8) is 0 Å². The van der Waals surface area contributed by atoms with Crippen molar-refractivity contribution in [1.29, 1.82) is 0 Å². The molecular weight excluding hydrogens is 378 g/mol. The van der Waals surface area contributed by atoms with Crippen molar-refractivity contribution in [3.05, 3.63) is 36.0 Å². The highest BCUT2D eigenvalue weighted by molar-refractivity contribution is 5.83. The Morgan fingerprint density at radius 1 is 1.17 bits per heavy atom. The summed E-state index contributed by atoms with van der Waals surface area (Å²) in [5, 5.41) is 21.9. The monoisotopic (exact) mass is 415 g/mol. The molecule has 30 heavy (non-hydrogen) atoms. The molecule has 0 aliphatic carbocycles. The van der Waals surface area contributed by atoms with Gasteiger partial charge in [-0.05, 0) is 42.8 Å². The topological polar surface area (TPSA) is 69.1 Å². The van der Waals surface area contributed by atoms with E-state index in [1.54, 1.807) is 13.3 Å². The quantitative estimate of drug-likeness (QED) is 0.549. The molecule has 1 fully saturated rings. The molecule has 3 rings (SSSR count). The Morgan fingerprint density at radius 2 is 2.00 bits per heavy atom. The Morgan fingerprint density at radius 3 is 2.77 bits per heavy atom. The number of methoxy groups -OCH3 is 1. The molecule has 166 valence electrons. The third-order valence-electron chi connectivity index (χ3n) is 6.23. The maximum atomic E-state index is 11.0. The second-order valence-electron chi connectivity index (χ2n) is 8.35. The highest BCUT2D eigenvalue weighted by Crippen LogP contribution is 2.28. The van der Waals surface area contributed by atoms with E-state index in [2.05, 4.69) is 21.7 Å². The number of hydrogen-bond donors (Lipinski definition) is 2. The summed E-state index contributed by atoms with van der Waals surface area (Å²) in [6.45, 7) is 6.68. The summed E-state index contributed by atoms with van der Waals surface area (Å²) in [7, 11) is 1.64. The summed E-state index contributed by atoms with van der Waals surface area (Å²) in [6.07, 6.45) is 7.52. The van der Waals surface area contributed by atoms with Gasteiger partial charge in [0.25, 0.3) is 0 Å². The van der Waals surface area contributed by atoms with Crippen LogP contribution in [0.3, 0.4) is 0 Å². The molecule has 0 radical (unpaired) electrons. The fourth-order valence-corrected chi connectivity index (χ4v) is 4.40. The van der Waals surface area contributed by atoms with Gasteiger partial charge >= 0.3 is 0 Å². The van der Waals surface area contributed by atoms with Gasteiger partial charge < -0.3 is 19.8 Å². The number of nitrogens with zero attached hydrogens (tertiary/aromatic N) is 3. The number of pyridine rings is 1. The summed E-state index contributed by atoms with van der Waals surface area (Å²) in [6, 6.07) is 7.68. The summed E-state index contributed by atoms with van der Waals surface area (Å²) >= 11 is 0. The molecule has 2 heterocycles. The lowest BCUT2D eigenvalue weighted by Crippen LogP contribution is -2.55. The highest BCUT2D eigenvalue weighted by Gasteiger charge is 2.28. The van der Waals surface area contributed by atoms with Crippen LogP contribution in [-0.2, 0) is 0 Å². The van der Waals surface area contributed by atoms with Crippen molar-refractivity contribution in [2.45, 2.75) is 51.2 Å². The molecule has 2 N–H and O–H groups in total. The summed E-state index contributed by atoms with van der Waals surface area (Å²) in [5.41, 5.74) is 1.70. The molecule has 1 aromatic heterocycles. The minimum atomic E-state index is -0.641. The van der Waals surface area contributed by atoms with Crippen LogP contribution in [0.1, 0.15) is 50.7 Å². The highest BCUT2D eigenvalue weighted by atomic mass is 16.5. The van der Waals surface area contributed by atoms with Crippen molar-refractivity contribution in [1.82, 2.24) is 14.8 Å². The van der Waals surface area contributed by atoms with Crippen LogP contribution in [0, 0.1) is 0 Å². The first kappa shape index (κ1) is 22.9. The van der Waals surface area contributed by atoms with Gasteiger partial charge in [0, 0.05) is 43.8 Å². The zero-order valence-electron chi connectivity index (χ0n) is 18.5. The van der Waals surface area contributed by atoms with Crippen LogP contribution in [0.25, 0.3) is 10.9 Å². The first-order valence-electron chi connectivity index (χ1n) is 11.3. The number of aliphatic hydroxyl groups is 2. The lowest BCUT2D eigenvalue weighted by atomic mass is 10.0. The zero-order chi connectivity index (χ0) is 21.3. The maximum absolute atomic E-state index is 11.0. The standard InChI is InChI=1S/C24H37N3O3/c1-3-4-5-6-7-12-26-13-14-27(19(16-26)18-28)17-24(29)21-10-11-25-23-9-8-20(30-2)15-22(21)23/h8-11,15,19,24,28-29H,3-7,12-14,16-18H2,1-2H3/t19-,24+/m0/s1. The smallest absolute Gasteiger partial charge is 0.119 e. The van der Waals surface area contributed by atoms with Crippen molar-refractivity contribution in [2.75, 3.05) is 46.4 Å². The molecule has 2 atom stereocenters. The number of unbranched alkanes of at least 4 members (excludes halogenated alkanes) is 4. The van der Waals surface area contributed by atoms with Gasteiger partial charge in [-0.3, -0.25) is 9.88 Å². The first-order valence-corrected chi connectivity index (χ1v) is 11.3. The van der Waals surface area contributed by atoms with Crippen LogP contribution in [-0.4, -0.2) is 77.5 Å². The Kier molecular flexibility index (Phi) is 8.88. The van der Waals surface area contributed by atoms with Gasteiger partial charge in [-0.15, -0.1) is 0 Å².